The summed E-state index contributed by atoms with van der Waals surface area (Å²) in [6.07, 6.45) is 0.326. The van der Waals surface area contributed by atoms with Gasteiger partial charge in [0, 0.05) is 5.02 Å². The van der Waals surface area contributed by atoms with E-state index in [-0.39, 0.29) is 11.9 Å². The molecule has 0 aliphatic rings. The van der Waals surface area contributed by atoms with Gasteiger partial charge in [-0.1, -0.05) is 78.3 Å². The van der Waals surface area contributed by atoms with Crippen LogP contribution in [0.1, 0.15) is 28.3 Å². The highest BCUT2D eigenvalue weighted by molar-refractivity contribution is 6.30. The standard InChI is InChI=1S/C22H20ClNO/c1-16-7-5-6-10-20(16)22(18-8-3-2-4-9-18)24-21(25)15-17-11-13-19(23)14-12-17/h2-14,22H,15H2,1H3,(H,24,25)/t22-/m1/s1. The fourth-order valence-corrected chi connectivity index (χ4v) is 3.02. The Morgan fingerprint density at radius 2 is 1.56 bits per heavy atom. The second-order valence-electron chi connectivity index (χ2n) is 6.07. The maximum absolute atomic E-state index is 12.6. The topological polar surface area (TPSA) is 29.1 Å². The highest BCUT2D eigenvalue weighted by Crippen LogP contribution is 2.25. The molecule has 0 saturated heterocycles. The molecule has 126 valence electrons. The number of nitrogens with one attached hydrogen (secondary N) is 1. The Kier molecular flexibility index (Phi) is 5.52. The van der Waals surface area contributed by atoms with Crippen LogP contribution >= 0.6 is 11.6 Å². The summed E-state index contributed by atoms with van der Waals surface area (Å²) in [4.78, 5) is 12.6. The van der Waals surface area contributed by atoms with E-state index < -0.39 is 0 Å². The fourth-order valence-electron chi connectivity index (χ4n) is 2.90. The molecule has 3 rings (SSSR count). The van der Waals surface area contributed by atoms with Gasteiger partial charge in [0.1, 0.15) is 0 Å². The predicted molar refractivity (Wildman–Crippen MR) is 103 cm³/mol. The molecule has 3 aromatic carbocycles. The van der Waals surface area contributed by atoms with E-state index in [2.05, 4.69) is 24.4 Å². The summed E-state index contributed by atoms with van der Waals surface area (Å²) >= 11 is 5.91. The molecule has 25 heavy (non-hydrogen) atoms. The van der Waals surface area contributed by atoms with Crippen molar-refractivity contribution in [1.29, 1.82) is 0 Å². The van der Waals surface area contributed by atoms with Gasteiger partial charge in [-0.2, -0.15) is 0 Å². The minimum absolute atomic E-state index is 0.0144. The van der Waals surface area contributed by atoms with Crippen molar-refractivity contribution in [2.75, 3.05) is 0 Å². The van der Waals surface area contributed by atoms with Crippen LogP contribution in [-0.4, -0.2) is 5.91 Å². The second-order valence-corrected chi connectivity index (χ2v) is 6.51. The van der Waals surface area contributed by atoms with Crippen LogP contribution in [0.25, 0.3) is 0 Å². The van der Waals surface area contributed by atoms with E-state index in [4.69, 9.17) is 11.6 Å². The van der Waals surface area contributed by atoms with E-state index in [0.717, 1.165) is 22.3 Å². The lowest BCUT2D eigenvalue weighted by Gasteiger charge is -2.21. The lowest BCUT2D eigenvalue weighted by atomic mass is 9.94. The van der Waals surface area contributed by atoms with Crippen LogP contribution in [0.3, 0.4) is 0 Å². The van der Waals surface area contributed by atoms with Crippen LogP contribution in [0.2, 0.25) is 5.02 Å². The number of aryl methyl sites for hydroxylation is 1. The molecular formula is C22H20ClNO. The molecule has 0 saturated carbocycles. The van der Waals surface area contributed by atoms with Gasteiger partial charge < -0.3 is 5.32 Å². The van der Waals surface area contributed by atoms with Gasteiger partial charge in [0.05, 0.1) is 12.5 Å². The first kappa shape index (κ1) is 17.2. The van der Waals surface area contributed by atoms with Crippen LogP contribution in [-0.2, 0) is 11.2 Å². The first-order chi connectivity index (χ1) is 12.1. The zero-order valence-corrected chi connectivity index (χ0v) is 14.8. The predicted octanol–water partition coefficient (Wildman–Crippen LogP) is 5.10. The SMILES string of the molecule is Cc1ccccc1[C@H](NC(=O)Cc1ccc(Cl)cc1)c1ccccc1. The maximum atomic E-state index is 12.6. The van der Waals surface area contributed by atoms with Crippen molar-refractivity contribution in [2.45, 2.75) is 19.4 Å². The Bertz CT molecular complexity index is 843. The average Bonchev–Trinajstić information content (AvgIpc) is 2.63. The summed E-state index contributed by atoms with van der Waals surface area (Å²) in [6.45, 7) is 2.07. The number of rotatable bonds is 5. The zero-order valence-electron chi connectivity index (χ0n) is 14.1. The third kappa shape index (κ3) is 4.49. The molecule has 3 heteroatoms. The summed E-state index contributed by atoms with van der Waals surface area (Å²) < 4.78 is 0. The van der Waals surface area contributed by atoms with Crippen LogP contribution in [0.15, 0.2) is 78.9 Å². The molecular weight excluding hydrogens is 330 g/mol. The smallest absolute Gasteiger partial charge is 0.225 e. The minimum Gasteiger partial charge on any atom is -0.345 e. The van der Waals surface area contributed by atoms with Gasteiger partial charge in [0.25, 0.3) is 0 Å². The van der Waals surface area contributed by atoms with Crippen molar-refractivity contribution in [3.63, 3.8) is 0 Å². The first-order valence-electron chi connectivity index (χ1n) is 8.28. The zero-order chi connectivity index (χ0) is 17.6. The van der Waals surface area contributed by atoms with Gasteiger partial charge in [-0.05, 0) is 41.3 Å². The van der Waals surface area contributed by atoms with Crippen molar-refractivity contribution in [2.24, 2.45) is 0 Å². The lowest BCUT2D eigenvalue weighted by molar-refractivity contribution is -0.120. The van der Waals surface area contributed by atoms with E-state index in [1.165, 1.54) is 0 Å². The maximum Gasteiger partial charge on any atom is 0.225 e. The van der Waals surface area contributed by atoms with E-state index in [1.807, 2.05) is 54.6 Å². The van der Waals surface area contributed by atoms with Crippen LogP contribution in [0, 0.1) is 6.92 Å². The van der Waals surface area contributed by atoms with Crippen LogP contribution in [0.5, 0.6) is 0 Å². The Morgan fingerprint density at radius 3 is 2.24 bits per heavy atom. The van der Waals surface area contributed by atoms with Crippen molar-refractivity contribution >= 4 is 17.5 Å². The highest BCUT2D eigenvalue weighted by Gasteiger charge is 2.18. The molecule has 0 unspecified atom stereocenters. The molecule has 0 bridgehead atoms. The van der Waals surface area contributed by atoms with Crippen LogP contribution < -0.4 is 5.32 Å². The number of hydrogen-bond acceptors (Lipinski definition) is 1. The van der Waals surface area contributed by atoms with Crippen molar-refractivity contribution in [3.05, 3.63) is 106 Å². The molecule has 0 aliphatic heterocycles. The fraction of sp³-hybridized carbons (Fsp3) is 0.136. The Balaban J connectivity index is 1.84. The molecule has 0 aromatic heterocycles. The third-order valence-corrected chi connectivity index (χ3v) is 4.47. The number of benzene rings is 3. The molecule has 1 N–H and O–H groups in total. The molecule has 0 aliphatic carbocycles. The van der Waals surface area contributed by atoms with E-state index in [0.29, 0.717) is 11.4 Å². The Labute approximate surface area is 153 Å². The van der Waals surface area contributed by atoms with Gasteiger partial charge in [-0.25, -0.2) is 0 Å². The number of hydrogen-bond donors (Lipinski definition) is 1. The highest BCUT2D eigenvalue weighted by atomic mass is 35.5. The van der Waals surface area contributed by atoms with Gasteiger partial charge in [-0.15, -0.1) is 0 Å². The van der Waals surface area contributed by atoms with Gasteiger partial charge >= 0.3 is 0 Å². The molecule has 3 aromatic rings. The monoisotopic (exact) mass is 349 g/mol. The molecule has 0 fully saturated rings. The third-order valence-electron chi connectivity index (χ3n) is 4.22. The molecule has 0 spiro atoms. The lowest BCUT2D eigenvalue weighted by Crippen LogP contribution is -2.31. The van der Waals surface area contributed by atoms with Gasteiger partial charge in [-0.3, -0.25) is 4.79 Å². The quantitative estimate of drug-likeness (QED) is 0.682. The minimum atomic E-state index is -0.165. The van der Waals surface area contributed by atoms with Crippen LogP contribution in [0.4, 0.5) is 0 Å². The normalized spacial score (nSPS) is 11.8. The van der Waals surface area contributed by atoms with Gasteiger partial charge in [0.2, 0.25) is 5.91 Å². The Morgan fingerprint density at radius 1 is 0.920 bits per heavy atom. The second kappa shape index (κ2) is 8.00. The summed E-state index contributed by atoms with van der Waals surface area (Å²) in [7, 11) is 0. The number of carbonyl (C=O) groups is 1. The van der Waals surface area contributed by atoms with E-state index >= 15 is 0 Å². The summed E-state index contributed by atoms with van der Waals surface area (Å²) in [5.74, 6) is -0.0144. The summed E-state index contributed by atoms with van der Waals surface area (Å²) in [5.41, 5.74) is 4.28. The first-order valence-corrected chi connectivity index (χ1v) is 8.65. The van der Waals surface area contributed by atoms with Crippen molar-refractivity contribution in [3.8, 4) is 0 Å². The number of amides is 1. The summed E-state index contributed by atoms with van der Waals surface area (Å²) in [5, 5.41) is 3.85. The molecule has 1 amide bonds. The number of halogens is 1. The molecule has 2 nitrogen and oxygen atoms in total. The average molecular weight is 350 g/mol. The van der Waals surface area contributed by atoms with Crippen molar-refractivity contribution < 1.29 is 4.79 Å². The molecule has 1 atom stereocenters. The largest absolute Gasteiger partial charge is 0.345 e. The van der Waals surface area contributed by atoms with Gasteiger partial charge in [0.15, 0.2) is 0 Å². The van der Waals surface area contributed by atoms with E-state index in [9.17, 15) is 4.79 Å². The molecule has 0 heterocycles. The molecule has 0 radical (unpaired) electrons. The Hall–Kier alpha value is -2.58. The van der Waals surface area contributed by atoms with Crippen molar-refractivity contribution in [1.82, 2.24) is 5.32 Å². The summed E-state index contributed by atoms with van der Waals surface area (Å²) in [6, 6.07) is 25.4. The van der Waals surface area contributed by atoms with E-state index in [1.54, 1.807) is 12.1 Å². The number of carbonyl (C=O) groups excluding carboxylic acids is 1.